The molecule has 0 aliphatic heterocycles. The van der Waals surface area contributed by atoms with E-state index >= 15 is 0 Å². The van der Waals surface area contributed by atoms with Crippen LogP contribution in [-0.2, 0) is 6.54 Å². The van der Waals surface area contributed by atoms with Gasteiger partial charge in [0.05, 0.1) is 23.3 Å². The number of aromatic hydroxyl groups is 1. The second-order valence-corrected chi connectivity index (χ2v) is 3.69. The summed E-state index contributed by atoms with van der Waals surface area (Å²) in [6.07, 6.45) is 1.46. The number of nitrogens with one attached hydrogen (secondary N) is 1. The van der Waals surface area contributed by atoms with Gasteiger partial charge in [-0.3, -0.25) is 14.9 Å². The predicted molar refractivity (Wildman–Crippen MR) is 64.6 cm³/mol. The van der Waals surface area contributed by atoms with Gasteiger partial charge in [0.1, 0.15) is 5.76 Å². The number of amides is 1. The third kappa shape index (κ3) is 2.71. The van der Waals surface area contributed by atoms with Gasteiger partial charge in [0.15, 0.2) is 0 Å². The lowest BCUT2D eigenvalue weighted by Gasteiger charge is -2.05. The number of para-hydroxylation sites is 1. The van der Waals surface area contributed by atoms with E-state index in [9.17, 15) is 20.0 Å². The Balaban J connectivity index is 2.15. The second kappa shape index (κ2) is 5.21. The highest BCUT2D eigenvalue weighted by atomic mass is 16.6. The van der Waals surface area contributed by atoms with Crippen LogP contribution in [0, 0.1) is 10.1 Å². The monoisotopic (exact) mass is 262 g/mol. The van der Waals surface area contributed by atoms with Crippen LogP contribution in [0.3, 0.4) is 0 Å². The lowest BCUT2D eigenvalue weighted by molar-refractivity contribution is -0.385. The van der Waals surface area contributed by atoms with E-state index in [-0.39, 0.29) is 12.1 Å². The number of hydrogen-bond acceptors (Lipinski definition) is 5. The Morgan fingerprint density at radius 1 is 1.37 bits per heavy atom. The Labute approximate surface area is 107 Å². The first kappa shape index (κ1) is 12.6. The molecule has 1 aromatic carbocycles. The van der Waals surface area contributed by atoms with Crippen molar-refractivity contribution in [3.05, 3.63) is 58.0 Å². The molecule has 0 bridgehead atoms. The van der Waals surface area contributed by atoms with Crippen molar-refractivity contribution in [1.82, 2.24) is 5.32 Å². The first-order valence-electron chi connectivity index (χ1n) is 5.36. The van der Waals surface area contributed by atoms with Crippen LogP contribution in [0.5, 0.6) is 5.75 Å². The van der Waals surface area contributed by atoms with Crippen molar-refractivity contribution in [1.29, 1.82) is 0 Å². The number of benzene rings is 1. The molecule has 0 saturated carbocycles. The maximum atomic E-state index is 11.8. The van der Waals surface area contributed by atoms with Gasteiger partial charge in [-0.25, -0.2) is 0 Å². The number of nitrogens with zero attached hydrogens (tertiary/aromatic N) is 1. The van der Waals surface area contributed by atoms with E-state index in [0.29, 0.717) is 5.76 Å². The van der Waals surface area contributed by atoms with Crippen LogP contribution in [0.25, 0.3) is 0 Å². The van der Waals surface area contributed by atoms with Crippen LogP contribution < -0.4 is 5.32 Å². The van der Waals surface area contributed by atoms with Crippen molar-refractivity contribution < 1.29 is 19.2 Å². The molecule has 0 spiro atoms. The number of nitro groups is 1. The fourth-order valence-corrected chi connectivity index (χ4v) is 1.54. The minimum Gasteiger partial charge on any atom is -0.502 e. The largest absolute Gasteiger partial charge is 0.502 e. The molecular formula is C12H10N2O5. The Bertz CT molecular complexity index is 607. The number of carbonyl (C=O) groups is 1. The van der Waals surface area contributed by atoms with E-state index in [4.69, 9.17) is 4.42 Å². The van der Waals surface area contributed by atoms with Gasteiger partial charge < -0.3 is 14.8 Å². The first-order valence-corrected chi connectivity index (χ1v) is 5.36. The van der Waals surface area contributed by atoms with Crippen LogP contribution in [0.1, 0.15) is 16.1 Å². The zero-order valence-electron chi connectivity index (χ0n) is 9.70. The highest BCUT2D eigenvalue weighted by Crippen LogP contribution is 2.29. The zero-order chi connectivity index (χ0) is 13.8. The molecule has 2 rings (SSSR count). The van der Waals surface area contributed by atoms with Crippen LogP contribution >= 0.6 is 0 Å². The molecule has 2 N–H and O–H groups in total. The van der Waals surface area contributed by atoms with Crippen LogP contribution in [0.2, 0.25) is 0 Å². The number of hydrogen-bond donors (Lipinski definition) is 2. The summed E-state index contributed by atoms with van der Waals surface area (Å²) in [5.41, 5.74) is -0.661. The molecule has 0 atom stereocenters. The van der Waals surface area contributed by atoms with Gasteiger partial charge in [0.25, 0.3) is 5.91 Å². The quantitative estimate of drug-likeness (QED) is 0.645. The minimum absolute atomic E-state index is 0.133. The highest BCUT2D eigenvalue weighted by molar-refractivity contribution is 5.97. The molecule has 0 radical (unpaired) electrons. The summed E-state index contributed by atoms with van der Waals surface area (Å²) in [7, 11) is 0. The fraction of sp³-hybridized carbons (Fsp3) is 0.0833. The Hall–Kier alpha value is -2.83. The fourth-order valence-electron chi connectivity index (χ4n) is 1.54. The smallest absolute Gasteiger partial charge is 0.311 e. The Kier molecular flexibility index (Phi) is 3.46. The third-order valence-electron chi connectivity index (χ3n) is 2.46. The first-order chi connectivity index (χ1) is 9.09. The molecule has 0 aliphatic carbocycles. The SMILES string of the molecule is O=C(NCc1ccco1)c1cccc([N+](=O)[O-])c1O. The molecule has 7 nitrogen and oxygen atoms in total. The number of furan rings is 1. The molecule has 0 fully saturated rings. The normalized spacial score (nSPS) is 10.1. The average molecular weight is 262 g/mol. The topological polar surface area (TPSA) is 106 Å². The predicted octanol–water partition coefficient (Wildman–Crippen LogP) is 1.82. The molecule has 7 heteroatoms. The number of carbonyl (C=O) groups excluding carboxylic acids is 1. The molecule has 98 valence electrons. The zero-order valence-corrected chi connectivity index (χ0v) is 9.70. The molecule has 0 saturated heterocycles. The van der Waals surface area contributed by atoms with Gasteiger partial charge in [-0.15, -0.1) is 0 Å². The molecule has 2 aromatic rings. The van der Waals surface area contributed by atoms with Crippen molar-refractivity contribution in [2.75, 3.05) is 0 Å². The molecule has 0 aliphatic rings. The molecule has 0 unspecified atom stereocenters. The van der Waals surface area contributed by atoms with Gasteiger partial charge in [0, 0.05) is 6.07 Å². The summed E-state index contributed by atoms with van der Waals surface area (Å²) in [5.74, 6) is -0.722. The highest BCUT2D eigenvalue weighted by Gasteiger charge is 2.20. The number of phenols is 1. The van der Waals surface area contributed by atoms with Crippen molar-refractivity contribution in [2.24, 2.45) is 0 Å². The maximum Gasteiger partial charge on any atom is 0.311 e. The lowest BCUT2D eigenvalue weighted by Crippen LogP contribution is -2.22. The summed E-state index contributed by atoms with van der Waals surface area (Å²) >= 11 is 0. The van der Waals surface area contributed by atoms with Gasteiger partial charge in [-0.05, 0) is 18.2 Å². The van der Waals surface area contributed by atoms with Crippen molar-refractivity contribution in [3.63, 3.8) is 0 Å². The second-order valence-electron chi connectivity index (χ2n) is 3.69. The Morgan fingerprint density at radius 3 is 2.79 bits per heavy atom. The summed E-state index contributed by atoms with van der Waals surface area (Å²) in [6.45, 7) is 0.133. The van der Waals surface area contributed by atoms with E-state index in [0.717, 1.165) is 6.07 Å². The van der Waals surface area contributed by atoms with Gasteiger partial charge in [0.2, 0.25) is 5.75 Å². The van der Waals surface area contributed by atoms with Gasteiger partial charge in [-0.1, -0.05) is 6.07 Å². The molecule has 1 heterocycles. The summed E-state index contributed by atoms with van der Waals surface area (Å²) < 4.78 is 5.03. The van der Waals surface area contributed by atoms with Crippen molar-refractivity contribution in [2.45, 2.75) is 6.54 Å². The molecule has 1 amide bonds. The molecular weight excluding hydrogens is 252 g/mol. The van der Waals surface area contributed by atoms with E-state index in [1.54, 1.807) is 12.1 Å². The Morgan fingerprint density at radius 2 is 2.16 bits per heavy atom. The minimum atomic E-state index is -0.751. The van der Waals surface area contributed by atoms with Crippen LogP contribution in [0.15, 0.2) is 41.0 Å². The molecule has 1 aromatic heterocycles. The van der Waals surface area contributed by atoms with E-state index in [1.165, 1.54) is 18.4 Å². The van der Waals surface area contributed by atoms with Crippen molar-refractivity contribution in [3.8, 4) is 5.75 Å². The third-order valence-corrected chi connectivity index (χ3v) is 2.46. The summed E-state index contributed by atoms with van der Waals surface area (Å²) in [5, 5.41) is 22.8. The number of phenolic OH excluding ortho intramolecular Hbond substituents is 1. The van der Waals surface area contributed by atoms with E-state index < -0.39 is 22.3 Å². The summed E-state index contributed by atoms with van der Waals surface area (Å²) in [6, 6.07) is 7.11. The van der Waals surface area contributed by atoms with Gasteiger partial charge in [-0.2, -0.15) is 0 Å². The van der Waals surface area contributed by atoms with Gasteiger partial charge >= 0.3 is 5.69 Å². The van der Waals surface area contributed by atoms with E-state index in [1.807, 2.05) is 0 Å². The van der Waals surface area contributed by atoms with Crippen LogP contribution in [0.4, 0.5) is 5.69 Å². The lowest BCUT2D eigenvalue weighted by atomic mass is 10.1. The molecule has 19 heavy (non-hydrogen) atoms. The van der Waals surface area contributed by atoms with Crippen molar-refractivity contribution >= 4 is 11.6 Å². The van der Waals surface area contributed by atoms with Crippen LogP contribution in [-0.4, -0.2) is 15.9 Å². The summed E-state index contributed by atoms with van der Waals surface area (Å²) in [4.78, 5) is 21.7. The average Bonchev–Trinajstić information content (AvgIpc) is 2.89. The number of rotatable bonds is 4. The maximum absolute atomic E-state index is 11.8. The number of nitro benzene ring substituents is 1. The van der Waals surface area contributed by atoms with E-state index in [2.05, 4.69) is 5.32 Å². The standard InChI is InChI=1S/C12H10N2O5/c15-11-9(4-1-5-10(11)14(17)18)12(16)13-7-8-3-2-6-19-8/h1-6,15H,7H2,(H,13,16).